The van der Waals surface area contributed by atoms with Gasteiger partial charge in [0.05, 0.1) is 58.4 Å². The third-order valence-corrected chi connectivity index (χ3v) is 10.1. The number of amides is 2. The Hall–Kier alpha value is -10.1. The van der Waals surface area contributed by atoms with Gasteiger partial charge in [0.25, 0.3) is 34.8 Å². The van der Waals surface area contributed by atoms with Crippen molar-refractivity contribution in [3.05, 3.63) is 215 Å². The Morgan fingerprint density at radius 3 is 1.47 bits per heavy atom. The highest BCUT2D eigenvalue weighted by Gasteiger charge is 2.22. The van der Waals surface area contributed by atoms with Crippen LogP contribution in [0.4, 0.5) is 17.1 Å². The minimum atomic E-state index is -0.843. The van der Waals surface area contributed by atoms with Gasteiger partial charge in [-0.1, -0.05) is 83.9 Å². The van der Waals surface area contributed by atoms with Gasteiger partial charge in [0.2, 0.25) is 5.89 Å². The van der Waals surface area contributed by atoms with Crippen LogP contribution in [0.3, 0.4) is 0 Å². The third-order valence-electron chi connectivity index (χ3n) is 9.54. The molecule has 0 atom stereocenters. The lowest BCUT2D eigenvalue weighted by Crippen LogP contribution is -2.41. The maximum absolute atomic E-state index is 12.1. The Morgan fingerprint density at radius 1 is 0.486 bits per heavy atom. The Kier molecular flexibility index (Phi) is 19.4. The van der Waals surface area contributed by atoms with Crippen LogP contribution >= 0.6 is 23.2 Å². The number of ether oxygens (including phenoxy) is 3. The number of methoxy groups -OCH3 is 3. The summed E-state index contributed by atoms with van der Waals surface area (Å²) in [6.45, 7) is 0. The number of nitrogens with zero attached hydrogens (tertiary/aromatic N) is 7. The van der Waals surface area contributed by atoms with Crippen molar-refractivity contribution in [2.75, 3.05) is 21.3 Å². The molecule has 2 amide bonds. The highest BCUT2D eigenvalue weighted by atomic mass is 35.5. The molecule has 0 fully saturated rings. The number of esters is 3. The van der Waals surface area contributed by atoms with Gasteiger partial charge in [0, 0.05) is 34.9 Å². The first kappa shape index (κ1) is 54.9. The number of benzene rings is 6. The molecule has 1 heterocycles. The van der Waals surface area contributed by atoms with E-state index in [0.717, 1.165) is 0 Å². The predicted molar refractivity (Wildman–Crippen MR) is 265 cm³/mol. The topological polar surface area (TPSA) is 330 Å². The van der Waals surface area contributed by atoms with E-state index in [1.165, 1.54) is 106 Å². The number of nitrogens with one attached hydrogen (secondary N) is 2. The summed E-state index contributed by atoms with van der Waals surface area (Å²) in [4.78, 5) is 89.8. The highest BCUT2D eigenvalue weighted by Crippen LogP contribution is 2.31. The molecular formula is C48H35Cl2N9O15. The average Bonchev–Trinajstić information content (AvgIpc) is 3.94. The molecule has 0 unspecified atom stereocenters. The smallest absolute Gasteiger partial charge is 0.337 e. The zero-order valence-corrected chi connectivity index (χ0v) is 39.9. The van der Waals surface area contributed by atoms with Gasteiger partial charge in [0.15, 0.2) is 10.3 Å². The molecule has 74 heavy (non-hydrogen) atoms. The van der Waals surface area contributed by atoms with Gasteiger partial charge in [-0.2, -0.15) is 0 Å². The Bertz CT molecular complexity index is 3350. The molecule has 24 nitrogen and oxygen atoms in total. The number of aromatic nitrogens is 2. The zero-order valence-electron chi connectivity index (χ0n) is 38.4. The number of halogens is 2. The van der Waals surface area contributed by atoms with Crippen molar-refractivity contribution in [3.63, 3.8) is 0 Å². The van der Waals surface area contributed by atoms with Gasteiger partial charge in [-0.25, -0.2) is 14.4 Å². The predicted octanol–water partition coefficient (Wildman–Crippen LogP) is 8.52. The molecule has 0 bridgehead atoms. The van der Waals surface area contributed by atoms with E-state index in [1.807, 2.05) is 0 Å². The summed E-state index contributed by atoms with van der Waals surface area (Å²) in [5.41, 5.74) is 5.48. The van der Waals surface area contributed by atoms with Crippen LogP contribution in [-0.2, 0) is 14.2 Å². The van der Waals surface area contributed by atoms with E-state index in [4.69, 9.17) is 27.6 Å². The van der Waals surface area contributed by atoms with Crippen molar-refractivity contribution in [2.45, 2.75) is 0 Å². The van der Waals surface area contributed by atoms with Crippen molar-refractivity contribution in [1.29, 1.82) is 0 Å². The molecule has 376 valence electrons. The maximum Gasteiger partial charge on any atom is 0.337 e. The number of hydrazine groups is 1. The van der Waals surface area contributed by atoms with Crippen molar-refractivity contribution in [1.82, 2.24) is 21.0 Å². The number of hydrogen-bond donors (Lipinski definition) is 2. The fourth-order valence-corrected chi connectivity index (χ4v) is 6.39. The fourth-order valence-electron chi connectivity index (χ4n) is 6.04. The minimum Gasteiger partial charge on any atom is -0.465 e. The van der Waals surface area contributed by atoms with Crippen molar-refractivity contribution >= 4 is 80.3 Å². The average molecular weight is 1050 g/mol. The lowest BCUT2D eigenvalue weighted by molar-refractivity contribution is -0.385. The summed E-state index contributed by atoms with van der Waals surface area (Å²) in [5.74, 6) is -2.99. The number of carbonyl (C=O) groups excluding carboxylic acids is 5. The first-order chi connectivity index (χ1) is 35.5. The highest BCUT2D eigenvalue weighted by molar-refractivity contribution is 6.71. The van der Waals surface area contributed by atoms with Crippen LogP contribution in [0, 0.1) is 30.3 Å². The normalized spacial score (nSPS) is 10.7. The molecule has 0 saturated heterocycles. The van der Waals surface area contributed by atoms with Crippen LogP contribution in [0.1, 0.15) is 62.9 Å². The van der Waals surface area contributed by atoms with E-state index < -0.39 is 44.5 Å². The summed E-state index contributed by atoms with van der Waals surface area (Å²) in [5, 5.41) is 48.0. The van der Waals surface area contributed by atoms with Crippen LogP contribution in [0.15, 0.2) is 160 Å². The SMILES string of the molecule is COC(=O)c1cccc(-c2nnc(-c3ccccc3[N+](=O)[O-])o2)c1.COC(=O)c1cccc(/C(Cl)=N/N=C(\Cl)c2ccccc2[N+](=O)[O-])c1.COC(=O)c1cccc(C(=O)NNC(=O)c2ccccc2[N+](=O)[O-])c1. The fraction of sp³-hybridized carbons (Fsp3) is 0.0625. The van der Waals surface area contributed by atoms with E-state index in [2.05, 4.69) is 45.5 Å². The molecule has 6 aromatic carbocycles. The first-order valence-corrected chi connectivity index (χ1v) is 21.4. The van der Waals surface area contributed by atoms with E-state index in [9.17, 15) is 54.3 Å². The van der Waals surface area contributed by atoms with Gasteiger partial charge >= 0.3 is 17.9 Å². The molecule has 7 rings (SSSR count). The van der Waals surface area contributed by atoms with Gasteiger partial charge in [-0.3, -0.25) is 50.8 Å². The number of para-hydroxylation sites is 3. The number of rotatable bonds is 13. The number of nitro groups is 3. The van der Waals surface area contributed by atoms with Gasteiger partial charge in [0.1, 0.15) is 11.1 Å². The summed E-state index contributed by atoms with van der Waals surface area (Å²) in [7, 11) is 3.76. The Morgan fingerprint density at radius 2 is 0.905 bits per heavy atom. The van der Waals surface area contributed by atoms with Gasteiger partial charge < -0.3 is 18.6 Å². The maximum atomic E-state index is 12.1. The second-order valence-electron chi connectivity index (χ2n) is 14.1. The Labute approximate surface area is 426 Å². The molecule has 7 aromatic rings. The van der Waals surface area contributed by atoms with Crippen molar-refractivity contribution in [3.8, 4) is 22.9 Å². The molecule has 0 aliphatic rings. The van der Waals surface area contributed by atoms with Gasteiger partial charge in [-0.15, -0.1) is 20.4 Å². The largest absolute Gasteiger partial charge is 0.465 e. The number of hydrogen-bond acceptors (Lipinski definition) is 19. The van der Waals surface area contributed by atoms with E-state index in [1.54, 1.807) is 60.7 Å². The van der Waals surface area contributed by atoms with Crippen LogP contribution in [0.25, 0.3) is 22.9 Å². The third kappa shape index (κ3) is 14.5. The Balaban J connectivity index is 0.000000206. The molecule has 0 aliphatic carbocycles. The molecular weight excluding hydrogens is 1010 g/mol. The summed E-state index contributed by atoms with van der Waals surface area (Å²) in [6.07, 6.45) is 0. The van der Waals surface area contributed by atoms with Crippen LogP contribution in [0.5, 0.6) is 0 Å². The molecule has 0 spiro atoms. The minimum absolute atomic E-state index is 0.0285. The quantitative estimate of drug-likeness (QED) is 0.0359. The van der Waals surface area contributed by atoms with E-state index >= 15 is 0 Å². The van der Waals surface area contributed by atoms with Crippen molar-refractivity contribution in [2.24, 2.45) is 10.2 Å². The molecule has 0 saturated carbocycles. The summed E-state index contributed by atoms with van der Waals surface area (Å²) < 4.78 is 19.4. The van der Waals surface area contributed by atoms with Crippen molar-refractivity contribution < 1.29 is 57.4 Å². The van der Waals surface area contributed by atoms with Crippen LogP contribution < -0.4 is 10.9 Å². The molecule has 2 N–H and O–H groups in total. The van der Waals surface area contributed by atoms with E-state index in [-0.39, 0.29) is 67.0 Å². The summed E-state index contributed by atoms with van der Waals surface area (Å²) in [6, 6.07) is 35.7. The number of carbonyl (C=O) groups is 5. The molecule has 1 aromatic heterocycles. The lowest BCUT2D eigenvalue weighted by Gasteiger charge is -2.08. The van der Waals surface area contributed by atoms with Crippen LogP contribution in [0.2, 0.25) is 0 Å². The first-order valence-electron chi connectivity index (χ1n) is 20.7. The lowest BCUT2D eigenvalue weighted by atomic mass is 10.1. The zero-order chi connectivity index (χ0) is 53.9. The molecule has 26 heteroatoms. The number of nitro benzene ring substituents is 3. The second kappa shape index (κ2) is 26.2. The monoisotopic (exact) mass is 1050 g/mol. The van der Waals surface area contributed by atoms with Gasteiger partial charge in [-0.05, 0) is 66.7 Å². The molecule has 0 radical (unpaired) electrons. The van der Waals surface area contributed by atoms with Crippen LogP contribution in [-0.4, -0.2) is 86.4 Å². The standard InChI is InChI=1S/C16H11Cl2N3O4.C16H13N3O6.C16H11N3O5/c1-25-16(22)11-6-4-5-10(9-11)14(17)19-20-15(18)12-7-2-3-8-13(12)21(23)24;1-25-16(22)11-6-4-5-10(9-11)14(20)17-18-15(21)12-7-2-3-8-13(12)19(23)24;1-23-16(20)11-6-4-5-10(9-11)14-17-18-15(24-14)12-7-2-3-8-13(12)19(21)22/h2-9H,1H3;2-9H,1H3,(H,17,20)(H,18,21);2-9H,1H3/b19-14-,20-15-;;. The van der Waals surface area contributed by atoms with E-state index in [0.29, 0.717) is 22.3 Å². The summed E-state index contributed by atoms with van der Waals surface area (Å²) >= 11 is 12.1. The second-order valence-corrected chi connectivity index (χ2v) is 14.9. The molecule has 0 aliphatic heterocycles.